The highest BCUT2D eigenvalue weighted by Crippen LogP contribution is 2.19. The molecule has 0 amide bonds. The zero-order chi connectivity index (χ0) is 17.8. The highest BCUT2D eigenvalue weighted by Gasteiger charge is 2.21. The number of ether oxygens (including phenoxy) is 1. The van der Waals surface area contributed by atoms with Gasteiger partial charge in [-0.1, -0.05) is 40.2 Å². The summed E-state index contributed by atoms with van der Waals surface area (Å²) in [5.41, 5.74) is 1.60. The average molecular weight is 399 g/mol. The third-order valence-corrected chi connectivity index (χ3v) is 3.78. The molecule has 124 valence electrons. The van der Waals surface area contributed by atoms with Gasteiger partial charge in [0.1, 0.15) is 0 Å². The number of carbonyl (C=O) groups is 1. The Bertz CT molecular complexity index is 948. The summed E-state index contributed by atoms with van der Waals surface area (Å²) in [4.78, 5) is 26.3. The Hall–Kier alpha value is -3.06. The van der Waals surface area contributed by atoms with Crippen LogP contribution in [0.2, 0.25) is 0 Å². The molecule has 0 N–H and O–H groups in total. The zero-order valence-electron chi connectivity index (χ0n) is 12.8. The molecule has 3 rings (SSSR count). The van der Waals surface area contributed by atoms with Crippen LogP contribution in [0.4, 0.5) is 5.69 Å². The topological polar surface area (TPSA) is 81.8 Å². The first-order valence-electron chi connectivity index (χ1n) is 7.22. The highest BCUT2D eigenvalue weighted by molar-refractivity contribution is 9.10. The van der Waals surface area contributed by atoms with Crippen molar-refractivity contribution in [2.75, 3.05) is 0 Å². The van der Waals surface area contributed by atoms with Gasteiger partial charge in [-0.3, -0.25) is 10.1 Å². The van der Waals surface area contributed by atoms with Crippen LogP contribution in [-0.4, -0.2) is 16.8 Å². The summed E-state index contributed by atoms with van der Waals surface area (Å²) in [6.07, 6.45) is 4.72. The molecule has 0 bridgehead atoms. The minimum absolute atomic E-state index is 0.0113. The van der Waals surface area contributed by atoms with Crippen LogP contribution in [0.25, 0.3) is 12.2 Å². The Kier molecular flexibility index (Phi) is 4.85. The van der Waals surface area contributed by atoms with Crippen LogP contribution in [0, 0.1) is 10.1 Å². The zero-order valence-corrected chi connectivity index (χ0v) is 14.3. The normalized spacial score (nSPS) is 15.5. The van der Waals surface area contributed by atoms with Gasteiger partial charge in [-0.25, -0.2) is 9.79 Å². The molecule has 0 aliphatic carbocycles. The summed E-state index contributed by atoms with van der Waals surface area (Å²) in [6.45, 7) is 0. The van der Waals surface area contributed by atoms with Crippen LogP contribution in [0.1, 0.15) is 11.1 Å². The quantitative estimate of drug-likeness (QED) is 0.331. The molecule has 0 saturated carbocycles. The van der Waals surface area contributed by atoms with Gasteiger partial charge < -0.3 is 4.74 Å². The van der Waals surface area contributed by atoms with E-state index in [1.165, 1.54) is 18.2 Å². The Morgan fingerprint density at radius 1 is 1.08 bits per heavy atom. The molecular formula is C18H11BrN2O4. The van der Waals surface area contributed by atoms with Gasteiger partial charge in [-0.15, -0.1) is 0 Å². The number of benzene rings is 2. The molecule has 0 saturated heterocycles. The predicted molar refractivity (Wildman–Crippen MR) is 97.8 cm³/mol. The number of aliphatic imine (C=N–C) groups is 1. The fourth-order valence-electron chi connectivity index (χ4n) is 2.16. The number of halogens is 1. The molecule has 0 aromatic heterocycles. The lowest BCUT2D eigenvalue weighted by molar-refractivity contribution is -0.384. The van der Waals surface area contributed by atoms with Crippen LogP contribution < -0.4 is 0 Å². The third kappa shape index (κ3) is 4.27. The SMILES string of the molecule is O=C1OC(C=Cc2cccc([N+](=O)[O-])c2)=NC1=Cc1cccc(Br)c1. The molecule has 1 heterocycles. The standard InChI is InChI=1S/C18H11BrN2O4/c19-14-5-1-4-13(9-14)11-16-18(22)25-17(20-16)8-7-12-3-2-6-15(10-12)21(23)24/h1-11H. The molecule has 25 heavy (non-hydrogen) atoms. The minimum atomic E-state index is -0.543. The molecule has 0 unspecified atom stereocenters. The van der Waals surface area contributed by atoms with Gasteiger partial charge in [0.25, 0.3) is 5.69 Å². The molecule has 2 aromatic carbocycles. The van der Waals surface area contributed by atoms with Crippen molar-refractivity contribution in [2.24, 2.45) is 4.99 Å². The number of nitro groups is 1. The molecule has 0 spiro atoms. The molecular weight excluding hydrogens is 388 g/mol. The maximum absolute atomic E-state index is 11.9. The first kappa shape index (κ1) is 16.8. The Morgan fingerprint density at radius 2 is 1.84 bits per heavy atom. The van der Waals surface area contributed by atoms with Gasteiger partial charge in [0.2, 0.25) is 5.90 Å². The second-order valence-corrected chi connectivity index (χ2v) is 6.03. The summed E-state index contributed by atoms with van der Waals surface area (Å²) in [7, 11) is 0. The van der Waals surface area contributed by atoms with Crippen molar-refractivity contribution in [1.29, 1.82) is 0 Å². The molecule has 0 radical (unpaired) electrons. The number of rotatable bonds is 4. The number of hydrogen-bond acceptors (Lipinski definition) is 5. The lowest BCUT2D eigenvalue weighted by Gasteiger charge is -1.95. The average Bonchev–Trinajstić information content (AvgIpc) is 2.93. The number of carbonyl (C=O) groups excluding carboxylic acids is 1. The number of cyclic esters (lactones) is 1. The number of esters is 1. The van der Waals surface area contributed by atoms with E-state index in [1.54, 1.807) is 24.3 Å². The smallest absolute Gasteiger partial charge is 0.363 e. The fraction of sp³-hybridized carbons (Fsp3) is 0. The van der Waals surface area contributed by atoms with Crippen LogP contribution >= 0.6 is 15.9 Å². The van der Waals surface area contributed by atoms with E-state index in [0.29, 0.717) is 5.56 Å². The first-order valence-corrected chi connectivity index (χ1v) is 8.01. The van der Waals surface area contributed by atoms with Crippen molar-refractivity contribution in [3.8, 4) is 0 Å². The van der Waals surface area contributed by atoms with E-state index in [-0.39, 0.29) is 17.3 Å². The lowest BCUT2D eigenvalue weighted by atomic mass is 10.2. The second kappa shape index (κ2) is 7.23. The summed E-state index contributed by atoms with van der Waals surface area (Å²) in [6, 6.07) is 13.5. The number of hydrogen-bond donors (Lipinski definition) is 0. The van der Waals surface area contributed by atoms with Gasteiger partial charge in [-0.05, 0) is 35.4 Å². The molecule has 0 fully saturated rings. The van der Waals surface area contributed by atoms with Gasteiger partial charge in [0.15, 0.2) is 5.70 Å². The predicted octanol–water partition coefficient (Wildman–Crippen LogP) is 4.37. The maximum atomic E-state index is 11.9. The first-order chi connectivity index (χ1) is 12.0. The van der Waals surface area contributed by atoms with Crippen molar-refractivity contribution in [3.05, 3.63) is 86.0 Å². The maximum Gasteiger partial charge on any atom is 0.363 e. The van der Waals surface area contributed by atoms with Crippen LogP contribution in [0.5, 0.6) is 0 Å². The van der Waals surface area contributed by atoms with Crippen molar-refractivity contribution < 1.29 is 14.5 Å². The molecule has 6 nitrogen and oxygen atoms in total. The van der Waals surface area contributed by atoms with Gasteiger partial charge >= 0.3 is 5.97 Å². The van der Waals surface area contributed by atoms with E-state index in [4.69, 9.17) is 4.74 Å². The highest BCUT2D eigenvalue weighted by atomic mass is 79.9. The monoisotopic (exact) mass is 398 g/mol. The van der Waals surface area contributed by atoms with E-state index >= 15 is 0 Å². The molecule has 1 aliphatic heterocycles. The van der Waals surface area contributed by atoms with Gasteiger partial charge in [0, 0.05) is 22.7 Å². The summed E-state index contributed by atoms with van der Waals surface area (Å²) in [5, 5.41) is 10.8. The number of non-ortho nitro benzene ring substituents is 1. The third-order valence-electron chi connectivity index (χ3n) is 3.29. The number of nitrogens with zero attached hydrogens (tertiary/aromatic N) is 2. The largest absolute Gasteiger partial charge is 0.403 e. The van der Waals surface area contributed by atoms with Gasteiger partial charge in [-0.2, -0.15) is 0 Å². The molecule has 7 heteroatoms. The van der Waals surface area contributed by atoms with E-state index in [2.05, 4.69) is 20.9 Å². The summed E-state index contributed by atoms with van der Waals surface area (Å²) in [5.74, 6) is -0.406. The van der Waals surface area contributed by atoms with Crippen molar-refractivity contribution >= 4 is 45.6 Å². The van der Waals surface area contributed by atoms with E-state index in [0.717, 1.165) is 10.0 Å². The summed E-state index contributed by atoms with van der Waals surface area (Å²) >= 11 is 3.36. The van der Waals surface area contributed by atoms with E-state index < -0.39 is 10.9 Å². The molecule has 2 aromatic rings. The van der Waals surface area contributed by atoms with Crippen molar-refractivity contribution in [1.82, 2.24) is 0 Å². The van der Waals surface area contributed by atoms with Crippen LogP contribution in [-0.2, 0) is 9.53 Å². The second-order valence-electron chi connectivity index (χ2n) is 5.11. The molecule has 1 aliphatic rings. The van der Waals surface area contributed by atoms with Crippen molar-refractivity contribution in [3.63, 3.8) is 0 Å². The lowest BCUT2D eigenvalue weighted by Crippen LogP contribution is -2.01. The summed E-state index contributed by atoms with van der Waals surface area (Å²) < 4.78 is 5.98. The molecule has 0 atom stereocenters. The Morgan fingerprint density at radius 3 is 2.60 bits per heavy atom. The van der Waals surface area contributed by atoms with Crippen LogP contribution in [0.15, 0.2) is 69.8 Å². The fourth-order valence-corrected chi connectivity index (χ4v) is 2.58. The van der Waals surface area contributed by atoms with Crippen LogP contribution in [0.3, 0.4) is 0 Å². The minimum Gasteiger partial charge on any atom is -0.403 e. The van der Waals surface area contributed by atoms with E-state index in [1.807, 2.05) is 24.3 Å². The van der Waals surface area contributed by atoms with Gasteiger partial charge in [0.05, 0.1) is 4.92 Å². The van der Waals surface area contributed by atoms with E-state index in [9.17, 15) is 14.9 Å². The van der Waals surface area contributed by atoms with Crippen molar-refractivity contribution in [2.45, 2.75) is 0 Å². The Labute approximate surface area is 151 Å². The Balaban J connectivity index is 1.81. The number of nitro benzene ring substituents is 1.